The molecule has 0 aliphatic heterocycles. The standard InChI is InChI=1S/C18H22N2O4S/c1-13-5-10-16(25(22,23)20(2)3)12-17(13)19-18(21)11-14-6-8-15(24-4)9-7-14/h5-10,12H,11H2,1-4H3,(H,19,21). The van der Waals surface area contributed by atoms with Crippen molar-refractivity contribution in [3.63, 3.8) is 0 Å². The van der Waals surface area contributed by atoms with Gasteiger partial charge in [0.2, 0.25) is 15.9 Å². The van der Waals surface area contributed by atoms with Gasteiger partial charge in [-0.15, -0.1) is 0 Å². The van der Waals surface area contributed by atoms with Crippen LogP contribution in [0.1, 0.15) is 11.1 Å². The summed E-state index contributed by atoms with van der Waals surface area (Å²) in [6.45, 7) is 1.81. The number of nitrogens with zero attached hydrogens (tertiary/aromatic N) is 1. The Balaban J connectivity index is 2.17. The topological polar surface area (TPSA) is 75.7 Å². The number of sulfonamides is 1. The minimum atomic E-state index is -3.55. The Morgan fingerprint density at radius 2 is 1.76 bits per heavy atom. The number of rotatable bonds is 6. The van der Waals surface area contributed by atoms with E-state index in [-0.39, 0.29) is 17.2 Å². The lowest BCUT2D eigenvalue weighted by Crippen LogP contribution is -2.22. The second-order valence-corrected chi connectivity index (χ2v) is 7.99. The van der Waals surface area contributed by atoms with Gasteiger partial charge in [0.25, 0.3) is 0 Å². The molecule has 0 atom stereocenters. The zero-order valence-electron chi connectivity index (χ0n) is 14.7. The van der Waals surface area contributed by atoms with E-state index in [4.69, 9.17) is 4.74 Å². The van der Waals surface area contributed by atoms with Gasteiger partial charge in [0.05, 0.1) is 18.4 Å². The average molecular weight is 362 g/mol. The minimum Gasteiger partial charge on any atom is -0.497 e. The number of amides is 1. The molecule has 0 aromatic heterocycles. The van der Waals surface area contributed by atoms with E-state index in [9.17, 15) is 13.2 Å². The number of aryl methyl sites for hydroxylation is 1. The van der Waals surface area contributed by atoms with Crippen LogP contribution < -0.4 is 10.1 Å². The van der Waals surface area contributed by atoms with Crippen molar-refractivity contribution in [1.29, 1.82) is 0 Å². The number of anilines is 1. The van der Waals surface area contributed by atoms with Crippen LogP contribution in [0.15, 0.2) is 47.4 Å². The van der Waals surface area contributed by atoms with Gasteiger partial charge in [-0.05, 0) is 42.3 Å². The molecule has 0 saturated carbocycles. The maximum atomic E-state index is 12.3. The highest BCUT2D eigenvalue weighted by atomic mass is 32.2. The van der Waals surface area contributed by atoms with Gasteiger partial charge in [-0.1, -0.05) is 18.2 Å². The fourth-order valence-electron chi connectivity index (χ4n) is 2.23. The third-order valence-electron chi connectivity index (χ3n) is 3.79. The number of carbonyl (C=O) groups excluding carboxylic acids is 1. The summed E-state index contributed by atoms with van der Waals surface area (Å²) in [4.78, 5) is 12.4. The van der Waals surface area contributed by atoms with Crippen molar-refractivity contribution < 1.29 is 17.9 Å². The van der Waals surface area contributed by atoms with Crippen molar-refractivity contribution in [2.24, 2.45) is 0 Å². The second kappa shape index (κ2) is 7.67. The SMILES string of the molecule is COc1ccc(CC(=O)Nc2cc(S(=O)(=O)N(C)C)ccc2C)cc1. The van der Waals surface area contributed by atoms with Crippen molar-refractivity contribution in [2.75, 3.05) is 26.5 Å². The first-order valence-corrected chi connectivity index (χ1v) is 9.14. The molecular weight excluding hydrogens is 340 g/mol. The maximum Gasteiger partial charge on any atom is 0.242 e. The van der Waals surface area contributed by atoms with Crippen molar-refractivity contribution in [3.8, 4) is 5.75 Å². The molecule has 0 fully saturated rings. The van der Waals surface area contributed by atoms with E-state index in [0.717, 1.165) is 21.2 Å². The molecule has 1 amide bonds. The fourth-order valence-corrected chi connectivity index (χ4v) is 3.16. The van der Waals surface area contributed by atoms with Crippen molar-refractivity contribution in [2.45, 2.75) is 18.2 Å². The van der Waals surface area contributed by atoms with Gasteiger partial charge in [-0.2, -0.15) is 0 Å². The normalized spacial score (nSPS) is 11.4. The van der Waals surface area contributed by atoms with E-state index in [1.807, 2.05) is 19.1 Å². The van der Waals surface area contributed by atoms with Crippen molar-refractivity contribution in [1.82, 2.24) is 4.31 Å². The highest BCUT2D eigenvalue weighted by Crippen LogP contribution is 2.22. The monoisotopic (exact) mass is 362 g/mol. The maximum absolute atomic E-state index is 12.3. The lowest BCUT2D eigenvalue weighted by molar-refractivity contribution is -0.115. The van der Waals surface area contributed by atoms with Gasteiger partial charge in [-0.3, -0.25) is 4.79 Å². The Bertz CT molecular complexity index is 859. The van der Waals surface area contributed by atoms with E-state index in [0.29, 0.717) is 5.69 Å². The molecule has 0 aliphatic carbocycles. The zero-order chi connectivity index (χ0) is 18.6. The lowest BCUT2D eigenvalue weighted by Gasteiger charge is -2.14. The van der Waals surface area contributed by atoms with Crippen LogP contribution in [0.5, 0.6) is 5.75 Å². The summed E-state index contributed by atoms with van der Waals surface area (Å²) in [5, 5.41) is 2.79. The molecule has 0 heterocycles. The third-order valence-corrected chi connectivity index (χ3v) is 5.60. The molecule has 0 spiro atoms. The molecule has 0 saturated heterocycles. The highest BCUT2D eigenvalue weighted by molar-refractivity contribution is 7.89. The summed E-state index contributed by atoms with van der Waals surface area (Å²) < 4.78 is 30.7. The summed E-state index contributed by atoms with van der Waals surface area (Å²) in [7, 11) is 0.971. The van der Waals surface area contributed by atoms with Crippen LogP contribution in [-0.4, -0.2) is 39.8 Å². The van der Waals surface area contributed by atoms with Crippen LogP contribution in [-0.2, 0) is 21.2 Å². The summed E-state index contributed by atoms with van der Waals surface area (Å²) >= 11 is 0. The third kappa shape index (κ3) is 4.58. The second-order valence-electron chi connectivity index (χ2n) is 5.84. The van der Waals surface area contributed by atoms with Crippen LogP contribution >= 0.6 is 0 Å². The largest absolute Gasteiger partial charge is 0.497 e. The van der Waals surface area contributed by atoms with E-state index in [2.05, 4.69) is 5.32 Å². The number of hydrogen-bond donors (Lipinski definition) is 1. The first-order valence-electron chi connectivity index (χ1n) is 7.70. The molecular formula is C18H22N2O4S. The van der Waals surface area contributed by atoms with Crippen molar-refractivity contribution in [3.05, 3.63) is 53.6 Å². The Morgan fingerprint density at radius 1 is 1.12 bits per heavy atom. The van der Waals surface area contributed by atoms with Crippen molar-refractivity contribution >= 4 is 21.6 Å². The number of carbonyl (C=O) groups is 1. The molecule has 7 heteroatoms. The van der Waals surface area contributed by atoms with E-state index >= 15 is 0 Å². The van der Waals surface area contributed by atoms with E-state index in [1.165, 1.54) is 26.2 Å². The molecule has 0 aliphatic rings. The Kier molecular flexibility index (Phi) is 5.81. The smallest absolute Gasteiger partial charge is 0.242 e. The molecule has 134 valence electrons. The molecule has 0 unspecified atom stereocenters. The molecule has 2 rings (SSSR count). The van der Waals surface area contributed by atoms with Gasteiger partial charge < -0.3 is 10.1 Å². The summed E-state index contributed by atoms with van der Waals surface area (Å²) in [6.07, 6.45) is 0.189. The van der Waals surface area contributed by atoms with Gasteiger partial charge in [-0.25, -0.2) is 12.7 Å². The summed E-state index contributed by atoms with van der Waals surface area (Å²) in [6, 6.07) is 11.9. The number of methoxy groups -OCH3 is 1. The molecule has 2 aromatic carbocycles. The van der Waals surface area contributed by atoms with Crippen LogP contribution in [0.3, 0.4) is 0 Å². The molecule has 25 heavy (non-hydrogen) atoms. The Morgan fingerprint density at radius 3 is 2.32 bits per heavy atom. The predicted molar refractivity (Wildman–Crippen MR) is 97.4 cm³/mol. The van der Waals surface area contributed by atoms with Crippen LogP contribution in [0.25, 0.3) is 0 Å². The zero-order valence-corrected chi connectivity index (χ0v) is 15.6. The van der Waals surface area contributed by atoms with E-state index < -0.39 is 10.0 Å². The van der Waals surface area contributed by atoms with Crippen LogP contribution in [0.4, 0.5) is 5.69 Å². The quantitative estimate of drug-likeness (QED) is 0.856. The predicted octanol–water partition coefficient (Wildman–Crippen LogP) is 2.44. The Hall–Kier alpha value is -2.38. The van der Waals surface area contributed by atoms with Crippen LogP contribution in [0.2, 0.25) is 0 Å². The van der Waals surface area contributed by atoms with Gasteiger partial charge in [0, 0.05) is 19.8 Å². The molecule has 0 bridgehead atoms. The Labute approximate surface area is 148 Å². The number of nitrogens with one attached hydrogen (secondary N) is 1. The van der Waals surface area contributed by atoms with Gasteiger partial charge in [0.15, 0.2) is 0 Å². The first kappa shape index (κ1) is 19.0. The summed E-state index contributed by atoms with van der Waals surface area (Å²) in [5.74, 6) is 0.509. The van der Waals surface area contributed by atoms with Crippen LogP contribution in [0, 0.1) is 6.92 Å². The fraction of sp³-hybridized carbons (Fsp3) is 0.278. The lowest BCUT2D eigenvalue weighted by atomic mass is 10.1. The molecule has 0 radical (unpaired) electrons. The number of ether oxygens (including phenoxy) is 1. The first-order chi connectivity index (χ1) is 11.7. The molecule has 2 aromatic rings. The van der Waals surface area contributed by atoms with Gasteiger partial charge >= 0.3 is 0 Å². The minimum absolute atomic E-state index is 0.142. The number of benzene rings is 2. The number of hydrogen-bond acceptors (Lipinski definition) is 4. The average Bonchev–Trinajstić information content (AvgIpc) is 2.57. The van der Waals surface area contributed by atoms with E-state index in [1.54, 1.807) is 25.3 Å². The molecule has 1 N–H and O–H groups in total. The highest BCUT2D eigenvalue weighted by Gasteiger charge is 2.18. The molecule has 6 nitrogen and oxygen atoms in total. The van der Waals surface area contributed by atoms with Gasteiger partial charge in [0.1, 0.15) is 5.75 Å². The summed E-state index contributed by atoms with van der Waals surface area (Å²) in [5.41, 5.74) is 2.12.